The number of nitrogens with two attached hydrogens (primary N) is 1. The zero-order valence-corrected chi connectivity index (χ0v) is 82.9. The van der Waals surface area contributed by atoms with Crippen LogP contribution in [0.1, 0.15) is 335 Å². The Morgan fingerprint density at radius 1 is 0.479 bits per heavy atom. The number of Topliss-reactive ketones (excluding diaryl/α,β-unsaturated/α-hetero) is 4. The maximum Gasteiger partial charge on any atom is 0.166 e. The zero-order valence-electron chi connectivity index (χ0n) is 82.9. The molecule has 30 rings (SSSR count). The molecule has 18 atom stereocenters. The van der Waals surface area contributed by atoms with Crippen molar-refractivity contribution in [2.75, 3.05) is 45.6 Å². The van der Waals surface area contributed by atoms with Crippen LogP contribution in [0.2, 0.25) is 0 Å². The van der Waals surface area contributed by atoms with Gasteiger partial charge in [0.05, 0.1) is 107 Å². The molecule has 0 spiro atoms. The van der Waals surface area contributed by atoms with E-state index in [-0.39, 0.29) is 34.3 Å². The lowest BCUT2D eigenvalue weighted by atomic mass is 9.52. The minimum atomic E-state index is -0.441. The number of methoxy groups -OCH3 is 1. The van der Waals surface area contributed by atoms with Gasteiger partial charge in [-0.3, -0.25) is 44.1 Å². The summed E-state index contributed by atoms with van der Waals surface area (Å²) in [6.07, 6.45) is 69.2. The van der Waals surface area contributed by atoms with Gasteiger partial charge in [0.2, 0.25) is 0 Å². The average molecular weight is 1890 g/mol. The molecular weight excluding hydrogens is 1740 g/mol. The third-order valence-corrected chi connectivity index (χ3v) is 36.0. The number of aryl methyl sites for hydroxylation is 1. The molecule has 22 heteroatoms. The number of unbranched alkanes of at least 4 members (excludes halogenated alkanes) is 1. The van der Waals surface area contributed by atoms with E-state index in [1.807, 2.05) is 56.8 Å². The monoisotopic (exact) mass is 1890 g/mol. The Hall–Kier alpha value is -10.8. The summed E-state index contributed by atoms with van der Waals surface area (Å²) in [4.78, 5) is 80.1. The number of pyridine rings is 6. The van der Waals surface area contributed by atoms with Crippen LogP contribution in [-0.2, 0) is 43.3 Å². The second-order valence-corrected chi connectivity index (χ2v) is 46.4. The molecule has 140 heavy (non-hydrogen) atoms. The maximum absolute atomic E-state index is 13.3. The number of ether oxygens (including phenoxy) is 1. The first-order chi connectivity index (χ1) is 67.7. The fourth-order valence-electron chi connectivity index (χ4n) is 30.9. The average Bonchev–Trinajstić information content (AvgIpc) is 1.29. The Labute approximate surface area is 826 Å². The van der Waals surface area contributed by atoms with E-state index in [4.69, 9.17) is 15.7 Å². The molecule has 23 aliphatic rings. The van der Waals surface area contributed by atoms with Crippen molar-refractivity contribution >= 4 is 93.5 Å². The predicted molar refractivity (Wildman–Crippen MR) is 555 cm³/mol. The summed E-state index contributed by atoms with van der Waals surface area (Å²) in [5.41, 5.74) is 27.3. The molecule has 1 aromatic carbocycles. The lowest BCUT2D eigenvalue weighted by molar-refractivity contribution is -0.149. The molecule has 10 N–H and O–H groups in total. The molecule has 10 unspecified atom stereocenters. The van der Waals surface area contributed by atoms with Gasteiger partial charge in [-0.1, -0.05) is 125 Å². The van der Waals surface area contributed by atoms with Crippen LogP contribution in [0.3, 0.4) is 0 Å². The summed E-state index contributed by atoms with van der Waals surface area (Å²) >= 11 is 0. The first-order valence-corrected chi connectivity index (χ1v) is 53.3. The van der Waals surface area contributed by atoms with Gasteiger partial charge >= 0.3 is 0 Å². The van der Waals surface area contributed by atoms with Crippen LogP contribution in [-0.4, -0.2) is 141 Å². The molecule has 0 amide bonds. The van der Waals surface area contributed by atoms with Crippen LogP contribution >= 0.6 is 0 Å². The number of nitrogens with zero attached hydrogens (tertiary/aromatic N) is 8. The van der Waals surface area contributed by atoms with E-state index in [0.29, 0.717) is 126 Å². The molecule has 2 saturated heterocycles. The molecule has 8 heterocycles. The minimum Gasteiger partial charge on any atom is -0.399 e. The van der Waals surface area contributed by atoms with Crippen LogP contribution in [0.4, 0.5) is 34.3 Å². The van der Waals surface area contributed by atoms with Crippen LogP contribution in [0, 0.1) is 88.3 Å². The SMILES string of the molecule is C=C(N)c1cnc2c(c1NC1C[C@H]3CC[C@@H](C1)N3c1ccc(C#N)cn1)C=CC2.CCCCC(=O)c1cnc2c(c1NC1[C@@H]3CC4C[C@H]1CC(O)(C4)C3)C=CC2.CNc1c(C(=O)CC(C)C)cnc2c1C=CC2.COC12CC3C[C@H](C1)C(Nc1c(C(C)=O)cnc4c1C=CC4)[C@@H](C3)C2.O=C(CCc1ccccc1)c1cnc2c(c1NC1[C@@H]3CC4C[C@H]1CC(O)(C4)C3)C=CC2.OC12CC3CC(CC(C3)C1)C2. The highest BCUT2D eigenvalue weighted by Gasteiger charge is 2.59. The molecule has 21 aliphatic carbocycles. The van der Waals surface area contributed by atoms with Gasteiger partial charge in [-0.2, -0.15) is 5.26 Å². The van der Waals surface area contributed by atoms with Gasteiger partial charge in [-0.05, 0) is 275 Å². The Morgan fingerprint density at radius 2 is 0.864 bits per heavy atom. The summed E-state index contributed by atoms with van der Waals surface area (Å²) in [7, 11) is 3.75. The highest BCUT2D eigenvalue weighted by Crippen LogP contribution is 2.62. The van der Waals surface area contributed by atoms with E-state index in [1.165, 1.54) is 82.6 Å². The van der Waals surface area contributed by atoms with E-state index in [0.717, 1.165) is 271 Å². The number of aromatic nitrogens is 6. The van der Waals surface area contributed by atoms with Crippen LogP contribution in [0.25, 0.3) is 36.1 Å². The summed E-state index contributed by atoms with van der Waals surface area (Å²) in [6.45, 7) is 11.8. The van der Waals surface area contributed by atoms with E-state index in [9.17, 15) is 34.5 Å². The zero-order chi connectivity index (χ0) is 96.6. The Balaban J connectivity index is 0.000000102. The number of nitriles is 1. The van der Waals surface area contributed by atoms with Crippen molar-refractivity contribution in [3.63, 3.8) is 0 Å². The topological polar surface area (TPSA) is 329 Å². The second-order valence-electron chi connectivity index (χ2n) is 46.4. The van der Waals surface area contributed by atoms with Crippen molar-refractivity contribution in [3.05, 3.63) is 212 Å². The summed E-state index contributed by atoms with van der Waals surface area (Å²) < 4.78 is 5.98. The summed E-state index contributed by atoms with van der Waals surface area (Å²) in [6, 6.07) is 18.7. The molecule has 7 aromatic rings. The fraction of sp³-hybridized carbons (Fsp3) is 0.551. The highest BCUT2D eigenvalue weighted by molar-refractivity contribution is 6.05. The number of aliphatic hydroxyl groups is 3. The number of anilines is 6. The van der Waals surface area contributed by atoms with Gasteiger partial charge in [-0.15, -0.1) is 0 Å². The first kappa shape index (κ1) is 95.4. The van der Waals surface area contributed by atoms with Gasteiger partial charge in [0.1, 0.15) is 11.9 Å². The smallest absolute Gasteiger partial charge is 0.166 e. The number of ketones is 4. The lowest BCUT2D eigenvalue weighted by Crippen LogP contribution is -2.59. The number of allylic oxidation sites excluding steroid dienone is 5. The molecule has 2 aliphatic heterocycles. The predicted octanol–water partition coefficient (Wildman–Crippen LogP) is 21.4. The van der Waals surface area contributed by atoms with E-state index < -0.39 is 11.2 Å². The van der Waals surface area contributed by atoms with Crippen molar-refractivity contribution < 1.29 is 39.2 Å². The number of benzene rings is 1. The van der Waals surface area contributed by atoms with Gasteiger partial charge in [0, 0.05) is 178 Å². The molecule has 6 aromatic heterocycles. The summed E-state index contributed by atoms with van der Waals surface area (Å²) in [5, 5.41) is 59.5. The van der Waals surface area contributed by atoms with E-state index >= 15 is 0 Å². The molecule has 18 fully saturated rings. The second kappa shape index (κ2) is 39.5. The van der Waals surface area contributed by atoms with Gasteiger partial charge in [0.25, 0.3) is 0 Å². The Morgan fingerprint density at radius 3 is 1.25 bits per heavy atom. The number of carbonyl (C=O) groups excluding carboxylic acids is 4. The van der Waals surface area contributed by atoms with Gasteiger partial charge in [0.15, 0.2) is 23.1 Å². The fourth-order valence-corrected chi connectivity index (χ4v) is 30.9. The number of fused-ring (bicyclic) bond motifs is 7. The number of rotatable bonds is 24. The normalized spacial score (nSPS) is 32.0. The number of hydrogen-bond acceptors (Lipinski definition) is 22. The van der Waals surface area contributed by atoms with E-state index in [1.54, 1.807) is 37.9 Å². The molecular formula is C118H144N14O8. The van der Waals surface area contributed by atoms with Gasteiger partial charge in [-0.25, -0.2) is 4.98 Å². The minimum absolute atomic E-state index is 0.0928. The van der Waals surface area contributed by atoms with Crippen molar-refractivity contribution in [1.29, 1.82) is 5.26 Å². The third kappa shape index (κ3) is 19.4. The molecule has 16 saturated carbocycles. The quantitative estimate of drug-likeness (QED) is 0.0254. The lowest BCUT2D eigenvalue weighted by Gasteiger charge is -2.59. The van der Waals surface area contributed by atoms with Crippen molar-refractivity contribution in [2.45, 2.75) is 317 Å². The van der Waals surface area contributed by atoms with Crippen molar-refractivity contribution in [3.8, 4) is 6.07 Å². The van der Waals surface area contributed by atoms with Crippen LogP contribution < -0.4 is 37.2 Å². The van der Waals surface area contributed by atoms with E-state index in [2.05, 4.69) is 162 Å². The number of hydrogen-bond donors (Lipinski definition) is 9. The number of nitrogens with one attached hydrogen (secondary N) is 5. The largest absolute Gasteiger partial charge is 0.399 e. The maximum atomic E-state index is 13.3. The number of piperidine rings is 1. The summed E-state index contributed by atoms with van der Waals surface area (Å²) in [5.74, 6) is 10.2. The Kier molecular flexibility index (Phi) is 26.9. The highest BCUT2D eigenvalue weighted by atomic mass is 16.5. The third-order valence-electron chi connectivity index (χ3n) is 36.0. The van der Waals surface area contributed by atoms with Crippen molar-refractivity contribution in [1.82, 2.24) is 29.9 Å². The van der Waals surface area contributed by atoms with Crippen molar-refractivity contribution in [2.24, 2.45) is 82.7 Å². The van der Waals surface area contributed by atoms with Crippen LogP contribution in [0.15, 0.2) is 117 Å². The first-order valence-electron chi connectivity index (χ1n) is 53.3. The van der Waals surface area contributed by atoms with Crippen LogP contribution in [0.5, 0.6) is 0 Å². The number of carbonyl (C=O) groups is 4. The standard InChI is InChI=1S/C27H30N2O2.C23H24N6.C23H30N2O2.C21H26N2O2.C14H18N2O.C10H16O/c30-24(10-9-17-5-2-1-3-6-17)22-16-28-23-8-4-7-21(23)26(22)29-25-19-11-18-12-20(25)15-27(31,13-18)14-19;1-14(25)20-13-26-21-4-2-3-19(21)23(20)28-16-9-17-6-7-18(10-16)29(17)22-8-5-15(11-24)12-27-22;1-2-3-7-20(26)18-13-24-19-6-4-5-17(19)22(18)25-21-15-8-14-9-16(21)12-23(27,10-14)11-15;1-12(24)17-11-22-18-5-3-4-16(18)20(17)23-19-14-6-13-7-15(19)10-21(8-13,9-14)25-2;1-9(2)7-13(17)11-8-16-12-6-4-5-10(12)14(11)15-3;11-10-4-7-1-8(5-10)3-9(2-7)6-10/h1-7,16,18-20,25,31H,8-15H2,(H,28,29);2-3,5,8,12-13,16-18H,1,4,6-7,9-10,25H2,(H,26,28);4-5,13-16,21,27H,2-3,6-12H2,1H3,(H,24,25);3-4,11,13-15,19H,5-10H2,1-2H3,(H,22,23);4-5,8-9H,6-7H2,1-3H3,(H,15,16);7-9,11H,1-6H2/t18?,19-,20+,25?,27?;16?,17-,18+;14?,15-,16+,21?,23?;13?,14-,15+,19?,21?;;. The molecule has 18 bridgehead atoms. The molecule has 734 valence electrons. The molecule has 0 radical (unpaired) electrons. The van der Waals surface area contributed by atoms with Gasteiger partial charge < -0.3 is 57.3 Å². The molecule has 22 nitrogen and oxygen atoms in total. The Bertz CT molecular complexity index is 6030.